The van der Waals surface area contributed by atoms with Crippen molar-refractivity contribution in [1.29, 1.82) is 0 Å². The maximum absolute atomic E-state index is 5.73. The first-order valence-corrected chi connectivity index (χ1v) is 4.07. The van der Waals surface area contributed by atoms with Crippen LogP contribution in [-0.2, 0) is 11.3 Å². The van der Waals surface area contributed by atoms with Crippen LogP contribution in [0.25, 0.3) is 11.0 Å². The molecule has 0 fully saturated rings. The van der Waals surface area contributed by atoms with E-state index >= 15 is 0 Å². The van der Waals surface area contributed by atoms with Crippen LogP contribution in [0.1, 0.15) is 5.76 Å². The molecule has 0 saturated carbocycles. The summed E-state index contributed by atoms with van der Waals surface area (Å²) in [5, 5.41) is 1.02. The number of anilines is 1. The highest BCUT2D eigenvalue weighted by Crippen LogP contribution is 2.24. The second-order valence-electron chi connectivity index (χ2n) is 2.91. The lowest BCUT2D eigenvalue weighted by atomic mass is 10.2. The number of hydrogen-bond donors (Lipinski definition) is 1. The Morgan fingerprint density at radius 1 is 1.46 bits per heavy atom. The Balaban J connectivity index is 2.55. The molecule has 1 heterocycles. The van der Waals surface area contributed by atoms with E-state index in [0.29, 0.717) is 12.3 Å². The smallest absolute Gasteiger partial charge is 0.157 e. The zero-order chi connectivity index (χ0) is 9.26. The molecule has 3 heteroatoms. The summed E-state index contributed by atoms with van der Waals surface area (Å²) in [5.41, 5.74) is 7.14. The van der Waals surface area contributed by atoms with Gasteiger partial charge in [-0.05, 0) is 12.1 Å². The van der Waals surface area contributed by atoms with Gasteiger partial charge in [0.05, 0.1) is 5.69 Å². The predicted molar refractivity (Wildman–Crippen MR) is 51.3 cm³/mol. The number of nitrogen functional groups attached to an aromatic ring is 1. The molecule has 0 unspecified atom stereocenters. The summed E-state index contributed by atoms with van der Waals surface area (Å²) in [6, 6.07) is 7.63. The lowest BCUT2D eigenvalue weighted by Gasteiger charge is -1.93. The van der Waals surface area contributed by atoms with Gasteiger partial charge in [-0.25, -0.2) is 0 Å². The summed E-state index contributed by atoms with van der Waals surface area (Å²) in [6.45, 7) is 0.480. The molecule has 13 heavy (non-hydrogen) atoms. The van der Waals surface area contributed by atoms with Crippen molar-refractivity contribution in [2.75, 3.05) is 12.8 Å². The minimum Gasteiger partial charge on any atom is -0.456 e. The van der Waals surface area contributed by atoms with E-state index in [9.17, 15) is 0 Å². The van der Waals surface area contributed by atoms with Gasteiger partial charge in [0.15, 0.2) is 5.58 Å². The Labute approximate surface area is 76.1 Å². The Kier molecular flexibility index (Phi) is 1.94. The van der Waals surface area contributed by atoms with E-state index in [1.54, 1.807) is 7.11 Å². The van der Waals surface area contributed by atoms with Crippen molar-refractivity contribution in [3.8, 4) is 0 Å². The van der Waals surface area contributed by atoms with E-state index in [1.165, 1.54) is 0 Å². The van der Waals surface area contributed by atoms with Gasteiger partial charge in [-0.2, -0.15) is 0 Å². The fourth-order valence-corrected chi connectivity index (χ4v) is 1.35. The maximum atomic E-state index is 5.73. The average Bonchev–Trinajstić information content (AvgIpc) is 2.49. The molecular formula is C10H11NO2. The van der Waals surface area contributed by atoms with Crippen LogP contribution in [0.15, 0.2) is 28.7 Å². The van der Waals surface area contributed by atoms with Crippen LogP contribution in [0.4, 0.5) is 5.69 Å². The molecule has 1 aromatic heterocycles. The Hall–Kier alpha value is -1.48. The molecule has 0 aliphatic rings. The second kappa shape index (κ2) is 3.11. The van der Waals surface area contributed by atoms with Gasteiger partial charge < -0.3 is 14.9 Å². The van der Waals surface area contributed by atoms with E-state index in [0.717, 1.165) is 16.7 Å². The van der Waals surface area contributed by atoms with Crippen LogP contribution in [0.2, 0.25) is 0 Å². The van der Waals surface area contributed by atoms with Crippen molar-refractivity contribution in [2.24, 2.45) is 0 Å². The summed E-state index contributed by atoms with van der Waals surface area (Å²) in [4.78, 5) is 0. The molecule has 0 atom stereocenters. The van der Waals surface area contributed by atoms with Crippen LogP contribution in [0, 0.1) is 0 Å². The first-order valence-electron chi connectivity index (χ1n) is 4.07. The fourth-order valence-electron chi connectivity index (χ4n) is 1.35. The van der Waals surface area contributed by atoms with Gasteiger partial charge in [0.1, 0.15) is 12.4 Å². The van der Waals surface area contributed by atoms with Gasteiger partial charge in [0.2, 0.25) is 0 Å². The third-order valence-corrected chi connectivity index (χ3v) is 1.91. The summed E-state index contributed by atoms with van der Waals surface area (Å²) in [6.07, 6.45) is 0. The quantitative estimate of drug-likeness (QED) is 0.715. The zero-order valence-corrected chi connectivity index (χ0v) is 7.41. The largest absolute Gasteiger partial charge is 0.456 e. The zero-order valence-electron chi connectivity index (χ0n) is 7.41. The molecule has 0 spiro atoms. The maximum Gasteiger partial charge on any atom is 0.157 e. The molecule has 0 amide bonds. The minimum atomic E-state index is 0.480. The van der Waals surface area contributed by atoms with Crippen LogP contribution in [0.5, 0.6) is 0 Å². The van der Waals surface area contributed by atoms with Gasteiger partial charge in [0.25, 0.3) is 0 Å². The normalized spacial score (nSPS) is 10.8. The van der Waals surface area contributed by atoms with Crippen molar-refractivity contribution in [3.05, 3.63) is 30.0 Å². The molecule has 2 rings (SSSR count). The van der Waals surface area contributed by atoms with Gasteiger partial charge in [-0.1, -0.05) is 12.1 Å². The van der Waals surface area contributed by atoms with Crippen molar-refractivity contribution in [2.45, 2.75) is 6.61 Å². The number of para-hydroxylation sites is 1. The van der Waals surface area contributed by atoms with Crippen LogP contribution < -0.4 is 5.73 Å². The molecule has 0 saturated heterocycles. The SMILES string of the molecule is COCc1cc2cccc(N)c2o1. The third kappa shape index (κ3) is 1.38. The molecule has 0 radical (unpaired) electrons. The summed E-state index contributed by atoms with van der Waals surface area (Å²) >= 11 is 0. The molecule has 0 aliphatic heterocycles. The molecule has 3 nitrogen and oxygen atoms in total. The van der Waals surface area contributed by atoms with Crippen molar-refractivity contribution in [1.82, 2.24) is 0 Å². The first-order chi connectivity index (χ1) is 6.31. The monoisotopic (exact) mass is 177 g/mol. The van der Waals surface area contributed by atoms with E-state index in [-0.39, 0.29) is 0 Å². The first kappa shape index (κ1) is 8.13. The minimum absolute atomic E-state index is 0.480. The second-order valence-corrected chi connectivity index (χ2v) is 2.91. The van der Waals surface area contributed by atoms with E-state index in [4.69, 9.17) is 14.9 Å². The van der Waals surface area contributed by atoms with Gasteiger partial charge in [-0.3, -0.25) is 0 Å². The highest BCUT2D eigenvalue weighted by atomic mass is 16.5. The topological polar surface area (TPSA) is 48.4 Å². The highest BCUT2D eigenvalue weighted by Gasteiger charge is 2.04. The molecular weight excluding hydrogens is 166 g/mol. The standard InChI is InChI=1S/C10H11NO2/c1-12-6-8-5-7-3-2-4-9(11)10(7)13-8/h2-5H,6,11H2,1H3. The van der Waals surface area contributed by atoms with Crippen molar-refractivity contribution in [3.63, 3.8) is 0 Å². The number of benzene rings is 1. The van der Waals surface area contributed by atoms with E-state index in [1.807, 2.05) is 24.3 Å². The van der Waals surface area contributed by atoms with Crippen LogP contribution >= 0.6 is 0 Å². The Bertz CT molecular complexity index is 420. The number of methoxy groups -OCH3 is 1. The van der Waals surface area contributed by atoms with E-state index in [2.05, 4.69) is 0 Å². The van der Waals surface area contributed by atoms with Gasteiger partial charge in [0, 0.05) is 12.5 Å². The molecule has 1 aromatic carbocycles. The Morgan fingerprint density at radius 2 is 2.31 bits per heavy atom. The lowest BCUT2D eigenvalue weighted by Crippen LogP contribution is -1.83. The molecule has 2 N–H and O–H groups in total. The number of rotatable bonds is 2. The average molecular weight is 177 g/mol. The van der Waals surface area contributed by atoms with Crippen LogP contribution in [0.3, 0.4) is 0 Å². The predicted octanol–water partition coefficient (Wildman–Crippen LogP) is 2.16. The summed E-state index contributed by atoms with van der Waals surface area (Å²) in [5.74, 6) is 0.801. The van der Waals surface area contributed by atoms with Crippen LogP contribution in [-0.4, -0.2) is 7.11 Å². The van der Waals surface area contributed by atoms with Gasteiger partial charge >= 0.3 is 0 Å². The summed E-state index contributed by atoms with van der Waals surface area (Å²) < 4.78 is 10.5. The fraction of sp³-hybridized carbons (Fsp3) is 0.200. The highest BCUT2D eigenvalue weighted by molar-refractivity contribution is 5.88. The summed E-state index contributed by atoms with van der Waals surface area (Å²) in [7, 11) is 1.64. The van der Waals surface area contributed by atoms with Crippen molar-refractivity contribution >= 4 is 16.7 Å². The number of nitrogens with two attached hydrogens (primary N) is 1. The molecule has 0 aliphatic carbocycles. The molecule has 2 aromatic rings. The third-order valence-electron chi connectivity index (χ3n) is 1.91. The molecule has 68 valence electrons. The number of ether oxygens (including phenoxy) is 1. The number of fused-ring (bicyclic) bond motifs is 1. The van der Waals surface area contributed by atoms with E-state index < -0.39 is 0 Å². The van der Waals surface area contributed by atoms with Crippen molar-refractivity contribution < 1.29 is 9.15 Å². The lowest BCUT2D eigenvalue weighted by molar-refractivity contribution is 0.166. The number of hydrogen-bond acceptors (Lipinski definition) is 3. The molecule has 0 bridgehead atoms. The Morgan fingerprint density at radius 3 is 3.00 bits per heavy atom. The van der Waals surface area contributed by atoms with Gasteiger partial charge in [-0.15, -0.1) is 0 Å². The number of furan rings is 1.